The van der Waals surface area contributed by atoms with Crippen molar-refractivity contribution >= 4 is 15.9 Å². The first-order valence-corrected chi connectivity index (χ1v) is 7.42. The van der Waals surface area contributed by atoms with Crippen LogP contribution in [0.25, 0.3) is 0 Å². The molecule has 3 nitrogen and oxygen atoms in total. The molecule has 20 heavy (non-hydrogen) atoms. The van der Waals surface area contributed by atoms with E-state index in [-0.39, 0.29) is 5.82 Å². The minimum atomic E-state index is -0.173. The SMILES string of the molecule is Cc1cc(F)ccc1CCNCc1c(Br)c(C)nn1C. The number of rotatable bonds is 5. The van der Waals surface area contributed by atoms with Gasteiger partial charge in [0.25, 0.3) is 0 Å². The summed E-state index contributed by atoms with van der Waals surface area (Å²) in [4.78, 5) is 0. The fourth-order valence-corrected chi connectivity index (χ4v) is 2.72. The van der Waals surface area contributed by atoms with E-state index in [1.807, 2.05) is 31.6 Å². The molecular formula is C15H19BrFN3. The second kappa shape index (κ2) is 6.50. The molecule has 0 aliphatic carbocycles. The lowest BCUT2D eigenvalue weighted by molar-refractivity contribution is 0.616. The van der Waals surface area contributed by atoms with E-state index in [2.05, 4.69) is 26.3 Å². The van der Waals surface area contributed by atoms with E-state index in [1.54, 1.807) is 6.07 Å². The summed E-state index contributed by atoms with van der Waals surface area (Å²) in [5.41, 5.74) is 4.32. The second-order valence-corrected chi connectivity index (χ2v) is 5.76. The highest BCUT2D eigenvalue weighted by molar-refractivity contribution is 9.10. The number of nitrogens with zero attached hydrogens (tertiary/aromatic N) is 2. The molecule has 0 bridgehead atoms. The van der Waals surface area contributed by atoms with E-state index < -0.39 is 0 Å². The van der Waals surface area contributed by atoms with E-state index in [0.717, 1.165) is 40.9 Å². The summed E-state index contributed by atoms with van der Waals surface area (Å²) >= 11 is 3.55. The summed E-state index contributed by atoms with van der Waals surface area (Å²) in [6, 6.07) is 4.95. The van der Waals surface area contributed by atoms with E-state index in [0.29, 0.717) is 0 Å². The van der Waals surface area contributed by atoms with Crippen LogP contribution in [0.4, 0.5) is 4.39 Å². The van der Waals surface area contributed by atoms with Crippen molar-refractivity contribution in [2.45, 2.75) is 26.8 Å². The maximum Gasteiger partial charge on any atom is 0.123 e. The lowest BCUT2D eigenvalue weighted by Gasteiger charge is -2.08. The largest absolute Gasteiger partial charge is 0.311 e. The standard InChI is InChI=1S/C15H19BrFN3/c1-10-8-13(17)5-4-12(10)6-7-18-9-14-15(16)11(2)19-20(14)3/h4-5,8,18H,6-7,9H2,1-3H3. The van der Waals surface area contributed by atoms with Gasteiger partial charge in [0, 0.05) is 13.6 Å². The summed E-state index contributed by atoms with van der Waals surface area (Å²) in [7, 11) is 1.94. The number of hydrogen-bond acceptors (Lipinski definition) is 2. The highest BCUT2D eigenvalue weighted by Gasteiger charge is 2.09. The van der Waals surface area contributed by atoms with Crippen molar-refractivity contribution in [3.05, 3.63) is 51.0 Å². The molecule has 0 atom stereocenters. The molecule has 0 amide bonds. The number of aromatic nitrogens is 2. The molecule has 1 N–H and O–H groups in total. The molecule has 0 aliphatic rings. The van der Waals surface area contributed by atoms with Gasteiger partial charge in [0.15, 0.2) is 0 Å². The minimum Gasteiger partial charge on any atom is -0.311 e. The van der Waals surface area contributed by atoms with Gasteiger partial charge in [0.2, 0.25) is 0 Å². The molecule has 2 aromatic rings. The Morgan fingerprint density at radius 2 is 2.10 bits per heavy atom. The Kier molecular flexibility index (Phi) is 4.94. The van der Waals surface area contributed by atoms with Crippen LogP contribution in [0, 0.1) is 19.7 Å². The van der Waals surface area contributed by atoms with Crippen LogP contribution in [0.3, 0.4) is 0 Å². The van der Waals surface area contributed by atoms with E-state index in [4.69, 9.17) is 0 Å². The number of aryl methyl sites for hydroxylation is 3. The predicted molar refractivity (Wildman–Crippen MR) is 82.2 cm³/mol. The third-order valence-electron chi connectivity index (χ3n) is 3.43. The van der Waals surface area contributed by atoms with Crippen molar-refractivity contribution in [2.24, 2.45) is 7.05 Å². The number of halogens is 2. The molecule has 5 heteroatoms. The Morgan fingerprint density at radius 1 is 1.35 bits per heavy atom. The van der Waals surface area contributed by atoms with Gasteiger partial charge in [-0.1, -0.05) is 6.07 Å². The van der Waals surface area contributed by atoms with Gasteiger partial charge >= 0.3 is 0 Å². The zero-order chi connectivity index (χ0) is 14.7. The quantitative estimate of drug-likeness (QED) is 0.847. The van der Waals surface area contributed by atoms with Gasteiger partial charge in [-0.05, 0) is 66.0 Å². The molecule has 0 unspecified atom stereocenters. The van der Waals surface area contributed by atoms with Crippen LogP contribution in [-0.4, -0.2) is 16.3 Å². The lowest BCUT2D eigenvalue weighted by Crippen LogP contribution is -2.19. The molecule has 0 saturated carbocycles. The molecule has 2 rings (SSSR count). The Morgan fingerprint density at radius 3 is 2.70 bits per heavy atom. The van der Waals surface area contributed by atoms with Crippen LogP contribution in [-0.2, 0) is 20.0 Å². The van der Waals surface area contributed by atoms with Crippen molar-refractivity contribution in [3.63, 3.8) is 0 Å². The van der Waals surface area contributed by atoms with Crippen molar-refractivity contribution < 1.29 is 4.39 Å². The van der Waals surface area contributed by atoms with Crippen LogP contribution in [0.15, 0.2) is 22.7 Å². The highest BCUT2D eigenvalue weighted by Crippen LogP contribution is 2.19. The second-order valence-electron chi connectivity index (χ2n) is 4.97. The molecule has 0 spiro atoms. The molecule has 0 saturated heterocycles. The van der Waals surface area contributed by atoms with Crippen molar-refractivity contribution in [3.8, 4) is 0 Å². The van der Waals surface area contributed by atoms with Crippen LogP contribution in [0.1, 0.15) is 22.5 Å². The van der Waals surface area contributed by atoms with Gasteiger partial charge < -0.3 is 5.32 Å². The van der Waals surface area contributed by atoms with Crippen LogP contribution in [0.2, 0.25) is 0 Å². The Balaban J connectivity index is 1.87. The minimum absolute atomic E-state index is 0.173. The smallest absolute Gasteiger partial charge is 0.123 e. The van der Waals surface area contributed by atoms with E-state index in [1.165, 1.54) is 11.6 Å². The maximum atomic E-state index is 13.0. The average Bonchev–Trinajstić information content (AvgIpc) is 2.62. The van der Waals surface area contributed by atoms with Gasteiger partial charge in [-0.15, -0.1) is 0 Å². The molecule has 1 aromatic heterocycles. The zero-order valence-corrected chi connectivity index (χ0v) is 13.6. The maximum absolute atomic E-state index is 13.0. The first-order valence-electron chi connectivity index (χ1n) is 6.62. The molecule has 0 aliphatic heterocycles. The molecule has 0 fully saturated rings. The molecule has 1 aromatic carbocycles. The zero-order valence-electron chi connectivity index (χ0n) is 12.0. The van der Waals surface area contributed by atoms with E-state index >= 15 is 0 Å². The highest BCUT2D eigenvalue weighted by atomic mass is 79.9. The Bertz CT molecular complexity index is 607. The summed E-state index contributed by atoms with van der Waals surface area (Å²) < 4.78 is 16.0. The Labute approximate surface area is 127 Å². The molecule has 0 radical (unpaired) electrons. The van der Waals surface area contributed by atoms with Gasteiger partial charge in [-0.3, -0.25) is 4.68 Å². The third-order valence-corrected chi connectivity index (χ3v) is 4.46. The number of benzene rings is 1. The topological polar surface area (TPSA) is 29.9 Å². The van der Waals surface area contributed by atoms with Crippen LogP contribution in [0.5, 0.6) is 0 Å². The predicted octanol–water partition coefficient (Wildman–Crippen LogP) is 3.27. The Hall–Kier alpha value is -1.20. The van der Waals surface area contributed by atoms with Crippen molar-refractivity contribution in [2.75, 3.05) is 6.54 Å². The van der Waals surface area contributed by atoms with Crippen molar-refractivity contribution in [1.29, 1.82) is 0 Å². The molecule has 108 valence electrons. The van der Waals surface area contributed by atoms with Gasteiger partial charge in [0.05, 0.1) is 15.9 Å². The average molecular weight is 340 g/mol. The van der Waals surface area contributed by atoms with Crippen LogP contribution < -0.4 is 5.32 Å². The summed E-state index contributed by atoms with van der Waals surface area (Å²) in [5, 5.41) is 7.76. The summed E-state index contributed by atoms with van der Waals surface area (Å²) in [5.74, 6) is -0.173. The van der Waals surface area contributed by atoms with Gasteiger partial charge in [-0.2, -0.15) is 5.10 Å². The van der Waals surface area contributed by atoms with Crippen molar-refractivity contribution in [1.82, 2.24) is 15.1 Å². The number of nitrogens with one attached hydrogen (secondary N) is 1. The monoisotopic (exact) mass is 339 g/mol. The van der Waals surface area contributed by atoms with Crippen LogP contribution >= 0.6 is 15.9 Å². The summed E-state index contributed by atoms with van der Waals surface area (Å²) in [6.07, 6.45) is 0.889. The number of hydrogen-bond donors (Lipinski definition) is 1. The third kappa shape index (κ3) is 3.46. The first kappa shape index (κ1) is 15.2. The van der Waals surface area contributed by atoms with Gasteiger partial charge in [-0.25, -0.2) is 4.39 Å². The lowest BCUT2D eigenvalue weighted by atomic mass is 10.1. The normalized spacial score (nSPS) is 11.1. The molecular weight excluding hydrogens is 321 g/mol. The molecule has 1 heterocycles. The first-order chi connectivity index (χ1) is 9.49. The van der Waals surface area contributed by atoms with E-state index in [9.17, 15) is 4.39 Å². The summed E-state index contributed by atoms with van der Waals surface area (Å²) in [6.45, 7) is 5.54. The van der Waals surface area contributed by atoms with Gasteiger partial charge in [0.1, 0.15) is 5.82 Å². The fraction of sp³-hybridized carbons (Fsp3) is 0.400. The fourth-order valence-electron chi connectivity index (χ4n) is 2.24.